The molecule has 8 heteroatoms. The van der Waals surface area contributed by atoms with E-state index in [2.05, 4.69) is 4.74 Å². The number of esters is 1. The largest absolute Gasteiger partial charge is 0.465 e. The van der Waals surface area contributed by atoms with Crippen molar-refractivity contribution in [3.63, 3.8) is 0 Å². The first-order valence-corrected chi connectivity index (χ1v) is 7.57. The number of aliphatic hydroxyl groups is 1. The summed E-state index contributed by atoms with van der Waals surface area (Å²) in [5, 5.41) is 8.79. The number of nitrogens with zero attached hydrogens (tertiary/aromatic N) is 2. The maximum atomic E-state index is 11.9. The molecule has 1 aliphatic heterocycles. The Bertz CT molecular complexity index is 362. The molecule has 1 heterocycles. The fourth-order valence-electron chi connectivity index (χ4n) is 1.82. The van der Waals surface area contributed by atoms with E-state index in [0.717, 1.165) is 0 Å². The highest BCUT2D eigenvalue weighted by molar-refractivity contribution is 7.89. The Hall–Kier alpha value is -0.700. The van der Waals surface area contributed by atoms with Crippen molar-refractivity contribution < 1.29 is 23.1 Å². The SMILES string of the molecule is CCOC(=O)CS(=O)(=O)N1CCN(CCO)CC1. The molecular formula is C10H20N2O5S. The van der Waals surface area contributed by atoms with Crippen LogP contribution in [0.25, 0.3) is 0 Å². The monoisotopic (exact) mass is 280 g/mol. The first-order valence-electron chi connectivity index (χ1n) is 5.96. The quantitative estimate of drug-likeness (QED) is 0.595. The van der Waals surface area contributed by atoms with Gasteiger partial charge in [0.05, 0.1) is 13.2 Å². The Kier molecular flexibility index (Phi) is 6.00. The Labute approximate surface area is 107 Å². The van der Waals surface area contributed by atoms with Gasteiger partial charge in [0.25, 0.3) is 0 Å². The molecule has 1 aliphatic rings. The van der Waals surface area contributed by atoms with Crippen LogP contribution in [0, 0.1) is 0 Å². The van der Waals surface area contributed by atoms with Crippen LogP contribution in [0.1, 0.15) is 6.92 Å². The number of sulfonamides is 1. The van der Waals surface area contributed by atoms with Crippen molar-refractivity contribution in [1.29, 1.82) is 0 Å². The van der Waals surface area contributed by atoms with Gasteiger partial charge in [-0.15, -0.1) is 0 Å². The van der Waals surface area contributed by atoms with Crippen LogP contribution in [0.4, 0.5) is 0 Å². The van der Waals surface area contributed by atoms with E-state index in [-0.39, 0.29) is 13.2 Å². The van der Waals surface area contributed by atoms with E-state index in [1.807, 2.05) is 4.90 Å². The van der Waals surface area contributed by atoms with Gasteiger partial charge in [0.1, 0.15) is 0 Å². The number of carbonyl (C=O) groups excluding carboxylic acids is 1. The minimum atomic E-state index is -3.57. The summed E-state index contributed by atoms with van der Waals surface area (Å²) in [6.07, 6.45) is 0. The Morgan fingerprint density at radius 3 is 2.39 bits per heavy atom. The van der Waals surface area contributed by atoms with E-state index in [9.17, 15) is 13.2 Å². The number of ether oxygens (including phenoxy) is 1. The summed E-state index contributed by atoms with van der Waals surface area (Å²) in [6, 6.07) is 0. The summed E-state index contributed by atoms with van der Waals surface area (Å²) in [5.41, 5.74) is 0. The highest BCUT2D eigenvalue weighted by atomic mass is 32.2. The fourth-order valence-corrected chi connectivity index (χ4v) is 3.10. The summed E-state index contributed by atoms with van der Waals surface area (Å²) >= 11 is 0. The number of hydrogen-bond acceptors (Lipinski definition) is 6. The van der Waals surface area contributed by atoms with Crippen LogP contribution in [0.5, 0.6) is 0 Å². The molecule has 0 aromatic rings. The van der Waals surface area contributed by atoms with Gasteiger partial charge in [-0.05, 0) is 6.92 Å². The van der Waals surface area contributed by atoms with Gasteiger partial charge < -0.3 is 9.84 Å². The molecular weight excluding hydrogens is 260 g/mol. The summed E-state index contributed by atoms with van der Waals surface area (Å²) in [4.78, 5) is 13.2. The molecule has 0 radical (unpaired) electrons. The second-order valence-electron chi connectivity index (χ2n) is 4.03. The maximum absolute atomic E-state index is 11.9. The van der Waals surface area contributed by atoms with Gasteiger partial charge in [-0.3, -0.25) is 9.69 Å². The van der Waals surface area contributed by atoms with Crippen LogP contribution >= 0.6 is 0 Å². The molecule has 0 atom stereocenters. The van der Waals surface area contributed by atoms with Gasteiger partial charge >= 0.3 is 5.97 Å². The smallest absolute Gasteiger partial charge is 0.322 e. The molecule has 1 rings (SSSR count). The molecule has 0 aromatic heterocycles. The van der Waals surface area contributed by atoms with E-state index in [1.54, 1.807) is 6.92 Å². The van der Waals surface area contributed by atoms with Gasteiger partial charge in [-0.25, -0.2) is 8.42 Å². The van der Waals surface area contributed by atoms with Gasteiger partial charge in [0, 0.05) is 32.7 Å². The van der Waals surface area contributed by atoms with Crippen molar-refractivity contribution >= 4 is 16.0 Å². The second kappa shape index (κ2) is 7.03. The molecule has 0 aromatic carbocycles. The summed E-state index contributed by atoms with van der Waals surface area (Å²) in [6.45, 7) is 4.27. The summed E-state index contributed by atoms with van der Waals surface area (Å²) in [5.74, 6) is -1.31. The maximum Gasteiger partial charge on any atom is 0.322 e. The lowest BCUT2D eigenvalue weighted by Crippen LogP contribution is -2.50. The van der Waals surface area contributed by atoms with Crippen molar-refractivity contribution in [3.05, 3.63) is 0 Å². The Morgan fingerprint density at radius 2 is 1.89 bits per heavy atom. The standard InChI is InChI=1S/C10H20N2O5S/c1-2-17-10(14)9-18(15,16)12-5-3-11(4-6-12)7-8-13/h13H,2-9H2,1H3. The Morgan fingerprint density at radius 1 is 1.28 bits per heavy atom. The van der Waals surface area contributed by atoms with E-state index in [4.69, 9.17) is 5.11 Å². The lowest BCUT2D eigenvalue weighted by Gasteiger charge is -2.33. The van der Waals surface area contributed by atoms with E-state index in [0.29, 0.717) is 32.7 Å². The molecule has 106 valence electrons. The first-order chi connectivity index (χ1) is 8.49. The minimum absolute atomic E-state index is 0.0651. The minimum Gasteiger partial charge on any atom is -0.465 e. The normalized spacial score (nSPS) is 18.8. The lowest BCUT2D eigenvalue weighted by atomic mass is 10.4. The third-order valence-corrected chi connectivity index (χ3v) is 4.50. The zero-order chi connectivity index (χ0) is 13.6. The molecule has 1 saturated heterocycles. The van der Waals surface area contributed by atoms with Crippen molar-refractivity contribution in [2.75, 3.05) is 51.7 Å². The first kappa shape index (κ1) is 15.4. The molecule has 0 spiro atoms. The molecule has 1 fully saturated rings. The number of carbonyl (C=O) groups is 1. The van der Waals surface area contributed by atoms with Gasteiger partial charge in [-0.1, -0.05) is 0 Å². The lowest BCUT2D eigenvalue weighted by molar-refractivity contribution is -0.140. The van der Waals surface area contributed by atoms with Crippen LogP contribution in [-0.4, -0.2) is 80.4 Å². The summed E-state index contributed by atoms with van der Waals surface area (Å²) < 4.78 is 29.7. The average Bonchev–Trinajstić information content (AvgIpc) is 2.29. The molecule has 0 bridgehead atoms. The molecule has 0 amide bonds. The average molecular weight is 280 g/mol. The predicted molar refractivity (Wildman–Crippen MR) is 65.5 cm³/mol. The molecule has 18 heavy (non-hydrogen) atoms. The molecule has 7 nitrogen and oxygen atoms in total. The topological polar surface area (TPSA) is 87.2 Å². The van der Waals surface area contributed by atoms with Crippen LogP contribution < -0.4 is 0 Å². The second-order valence-corrected chi connectivity index (χ2v) is 5.99. The molecule has 0 aliphatic carbocycles. The molecule has 0 saturated carbocycles. The zero-order valence-electron chi connectivity index (χ0n) is 10.5. The van der Waals surface area contributed by atoms with E-state index < -0.39 is 21.7 Å². The van der Waals surface area contributed by atoms with Crippen molar-refractivity contribution in [2.24, 2.45) is 0 Å². The van der Waals surface area contributed by atoms with Crippen LogP contribution in [0.2, 0.25) is 0 Å². The number of piperazine rings is 1. The number of β-amino-alcohol motifs (C(OH)–C–C–N with tert-alkyl or cyclic N) is 1. The molecule has 1 N–H and O–H groups in total. The highest BCUT2D eigenvalue weighted by Gasteiger charge is 2.29. The van der Waals surface area contributed by atoms with Gasteiger partial charge in [-0.2, -0.15) is 4.31 Å². The van der Waals surface area contributed by atoms with Gasteiger partial charge in [0.2, 0.25) is 10.0 Å². The Balaban J connectivity index is 2.47. The molecule has 0 unspecified atom stereocenters. The predicted octanol–water partition coefficient (Wildman–Crippen LogP) is -1.51. The number of rotatable bonds is 6. The highest BCUT2D eigenvalue weighted by Crippen LogP contribution is 2.08. The van der Waals surface area contributed by atoms with Crippen molar-refractivity contribution in [1.82, 2.24) is 9.21 Å². The zero-order valence-corrected chi connectivity index (χ0v) is 11.4. The van der Waals surface area contributed by atoms with E-state index in [1.165, 1.54) is 4.31 Å². The third-order valence-electron chi connectivity index (χ3n) is 2.75. The van der Waals surface area contributed by atoms with Crippen LogP contribution in [0.15, 0.2) is 0 Å². The van der Waals surface area contributed by atoms with Crippen LogP contribution in [0.3, 0.4) is 0 Å². The summed E-state index contributed by atoms with van der Waals surface area (Å²) in [7, 11) is -3.57. The fraction of sp³-hybridized carbons (Fsp3) is 0.900. The third kappa shape index (κ3) is 4.52. The van der Waals surface area contributed by atoms with Crippen LogP contribution in [-0.2, 0) is 19.6 Å². The van der Waals surface area contributed by atoms with Gasteiger partial charge in [0.15, 0.2) is 5.75 Å². The van der Waals surface area contributed by atoms with Crippen molar-refractivity contribution in [2.45, 2.75) is 6.92 Å². The van der Waals surface area contributed by atoms with Crippen molar-refractivity contribution in [3.8, 4) is 0 Å². The van der Waals surface area contributed by atoms with E-state index >= 15 is 0 Å². The number of aliphatic hydroxyl groups excluding tert-OH is 1. The number of hydrogen-bond donors (Lipinski definition) is 1.